The second kappa shape index (κ2) is 59.0. The van der Waals surface area contributed by atoms with Gasteiger partial charge in [0.05, 0.1) is 27.7 Å². The fourth-order valence-corrected chi connectivity index (χ4v) is 8.30. The van der Waals surface area contributed by atoms with Gasteiger partial charge in [0, 0.05) is 12.8 Å². The van der Waals surface area contributed by atoms with Gasteiger partial charge in [-0.3, -0.25) is 18.6 Å². The van der Waals surface area contributed by atoms with Crippen molar-refractivity contribution in [1.29, 1.82) is 0 Å². The van der Waals surface area contributed by atoms with E-state index in [1.807, 2.05) is 21.1 Å². The molecule has 0 aliphatic heterocycles. The van der Waals surface area contributed by atoms with Crippen molar-refractivity contribution in [2.45, 2.75) is 213 Å². The Kier molecular flexibility index (Phi) is 55.6. The molecule has 450 valence electrons. The van der Waals surface area contributed by atoms with Gasteiger partial charge in [-0.25, -0.2) is 4.57 Å². The normalized spacial score (nSPS) is 14.4. The molecule has 0 saturated heterocycles. The molecule has 0 aliphatic carbocycles. The SMILES string of the molecule is CC/C=C\C/C=C\C/C=C\C/C=C\C/C=C\C/C=C\C/C=C\C/C=C\CCCCC(=O)OC(COC(=O)CCCCCCCCCCCC/C=C\C/C=C\C/C=C\C/C=C\C/C=C\C/C=C\CC)COP(=O)(O)OCC[N+](C)(C)C. The van der Waals surface area contributed by atoms with E-state index < -0.39 is 32.5 Å². The van der Waals surface area contributed by atoms with Gasteiger partial charge < -0.3 is 18.9 Å². The first-order valence-corrected chi connectivity index (χ1v) is 32.4. The van der Waals surface area contributed by atoms with Gasteiger partial charge in [0.15, 0.2) is 6.10 Å². The fourth-order valence-electron chi connectivity index (χ4n) is 7.56. The summed E-state index contributed by atoms with van der Waals surface area (Å²) in [5, 5.41) is 0. The van der Waals surface area contributed by atoms with Crippen LogP contribution in [0.3, 0.4) is 0 Å². The van der Waals surface area contributed by atoms with E-state index in [2.05, 4.69) is 184 Å². The van der Waals surface area contributed by atoms with Crippen LogP contribution >= 0.6 is 7.82 Å². The molecule has 0 heterocycles. The Balaban J connectivity index is 4.28. The van der Waals surface area contributed by atoms with Crippen LogP contribution in [-0.2, 0) is 32.7 Å². The van der Waals surface area contributed by atoms with Crippen LogP contribution in [0.5, 0.6) is 0 Å². The predicted molar refractivity (Wildman–Crippen MR) is 343 cm³/mol. The standard InChI is InChI=1S/C70H112NO8P/c1-6-8-10-12-14-16-18-20-22-24-26-28-30-32-34-35-37-38-40-42-44-46-48-50-52-54-56-58-60-62-69(72)76-66-68(67-78-80(74,75)77-65-64-71(3,4)5)79-70(73)63-61-59-57-55-53-51-49-47-45-43-41-39-36-33-31-29-27-25-23-21-19-17-15-13-11-9-7-2/h8-11,14-17,20-23,26-29,32-34,36-38,41,43,47,49,53,55,68H,6-7,12-13,18-19,24-25,30-31,35,39-40,42,44-46,48,50-52,54,56-67H2,1-5H3/p+1/b10-8-,11-9-,16-14-,17-15-,22-20-,23-21-,28-26-,29-27-,34-32-,36-33-,38-37-,43-41-,49-47-,55-53-. The summed E-state index contributed by atoms with van der Waals surface area (Å²) >= 11 is 0. The minimum absolute atomic E-state index is 0.0120. The summed E-state index contributed by atoms with van der Waals surface area (Å²) < 4.78 is 34.6. The summed E-state index contributed by atoms with van der Waals surface area (Å²) in [4.78, 5) is 35.8. The third-order valence-corrected chi connectivity index (χ3v) is 13.2. The van der Waals surface area contributed by atoms with Crippen molar-refractivity contribution in [3.8, 4) is 0 Å². The molecule has 2 atom stereocenters. The number of carbonyl (C=O) groups excluding carboxylic acids is 2. The van der Waals surface area contributed by atoms with E-state index in [0.29, 0.717) is 17.4 Å². The van der Waals surface area contributed by atoms with Crippen LogP contribution < -0.4 is 0 Å². The number of carbonyl (C=O) groups is 2. The van der Waals surface area contributed by atoms with Gasteiger partial charge >= 0.3 is 19.8 Å². The van der Waals surface area contributed by atoms with E-state index in [-0.39, 0.29) is 26.1 Å². The molecular formula is C70H113NO8P+. The summed E-state index contributed by atoms with van der Waals surface area (Å²) in [5.74, 6) is -0.868. The molecule has 0 aromatic carbocycles. The summed E-state index contributed by atoms with van der Waals surface area (Å²) in [5.41, 5.74) is 0. The lowest BCUT2D eigenvalue weighted by atomic mass is 10.1. The first-order chi connectivity index (χ1) is 39.0. The van der Waals surface area contributed by atoms with Crippen molar-refractivity contribution in [3.63, 3.8) is 0 Å². The Morgan fingerprint density at radius 3 is 1.02 bits per heavy atom. The van der Waals surface area contributed by atoms with Gasteiger partial charge in [-0.2, -0.15) is 0 Å². The van der Waals surface area contributed by atoms with E-state index in [9.17, 15) is 19.0 Å². The number of hydrogen-bond acceptors (Lipinski definition) is 7. The first-order valence-electron chi connectivity index (χ1n) is 30.9. The number of likely N-dealkylation sites (N-methyl/N-ethyl adjacent to an activating group) is 1. The summed E-state index contributed by atoms with van der Waals surface area (Å²) in [7, 11) is 1.42. The van der Waals surface area contributed by atoms with Crippen LogP contribution in [-0.4, -0.2) is 74.9 Å². The lowest BCUT2D eigenvalue weighted by Gasteiger charge is -2.24. The molecule has 80 heavy (non-hydrogen) atoms. The largest absolute Gasteiger partial charge is 0.472 e. The van der Waals surface area contributed by atoms with Crippen LogP contribution in [0, 0.1) is 0 Å². The molecule has 0 aromatic heterocycles. The van der Waals surface area contributed by atoms with Gasteiger partial charge in [0.25, 0.3) is 0 Å². The minimum Gasteiger partial charge on any atom is -0.462 e. The second-order valence-corrected chi connectivity index (χ2v) is 22.4. The molecule has 0 rings (SSSR count). The van der Waals surface area contributed by atoms with Crippen molar-refractivity contribution in [2.75, 3.05) is 47.5 Å². The van der Waals surface area contributed by atoms with E-state index in [0.717, 1.165) is 135 Å². The maximum absolute atomic E-state index is 12.8. The number of rotatable bonds is 54. The molecule has 0 bridgehead atoms. The van der Waals surface area contributed by atoms with E-state index >= 15 is 0 Å². The zero-order chi connectivity index (χ0) is 58.4. The lowest BCUT2D eigenvalue weighted by Crippen LogP contribution is -2.37. The third kappa shape index (κ3) is 62.6. The summed E-state index contributed by atoms with van der Waals surface area (Å²) in [6.45, 7) is 4.12. The smallest absolute Gasteiger partial charge is 0.462 e. The quantitative estimate of drug-likeness (QED) is 0.0211. The number of unbranched alkanes of at least 4 members (excludes halogenated alkanes) is 12. The molecule has 0 spiro atoms. The number of nitrogens with zero attached hydrogens (tertiary/aromatic N) is 1. The molecule has 1 N–H and O–H groups in total. The molecule has 0 aromatic rings. The summed E-state index contributed by atoms with van der Waals surface area (Å²) in [6, 6.07) is 0. The molecule has 10 heteroatoms. The molecule has 0 aliphatic rings. The van der Waals surface area contributed by atoms with Crippen molar-refractivity contribution in [1.82, 2.24) is 0 Å². The highest BCUT2D eigenvalue weighted by Gasteiger charge is 2.27. The van der Waals surface area contributed by atoms with Gasteiger partial charge in [-0.05, 0) is 128 Å². The van der Waals surface area contributed by atoms with Crippen LogP contribution in [0.1, 0.15) is 206 Å². The van der Waals surface area contributed by atoms with Crippen molar-refractivity contribution in [3.05, 3.63) is 170 Å². The van der Waals surface area contributed by atoms with Crippen LogP contribution in [0.25, 0.3) is 0 Å². The van der Waals surface area contributed by atoms with Crippen LogP contribution in [0.2, 0.25) is 0 Å². The average Bonchev–Trinajstić information content (AvgIpc) is 3.42. The van der Waals surface area contributed by atoms with Crippen LogP contribution in [0.15, 0.2) is 170 Å². The number of ether oxygens (including phenoxy) is 2. The van der Waals surface area contributed by atoms with Crippen molar-refractivity contribution < 1.29 is 42.1 Å². The molecule has 0 radical (unpaired) electrons. The monoisotopic (exact) mass is 1130 g/mol. The lowest BCUT2D eigenvalue weighted by molar-refractivity contribution is -0.870. The Hall–Kier alpha value is -4.63. The summed E-state index contributed by atoms with van der Waals surface area (Å²) in [6.07, 6.45) is 90.0. The second-order valence-electron chi connectivity index (χ2n) is 21.0. The molecular weight excluding hydrogens is 1010 g/mol. The maximum Gasteiger partial charge on any atom is 0.472 e. The number of esters is 2. The van der Waals surface area contributed by atoms with E-state index in [1.54, 1.807) is 0 Å². The Morgan fingerprint density at radius 1 is 0.388 bits per heavy atom. The number of hydrogen-bond donors (Lipinski definition) is 1. The van der Waals surface area contributed by atoms with Crippen molar-refractivity contribution >= 4 is 19.8 Å². The Bertz CT molecular complexity index is 1950. The molecule has 0 fully saturated rings. The Labute approximate surface area is 489 Å². The molecule has 9 nitrogen and oxygen atoms in total. The molecule has 0 amide bonds. The zero-order valence-electron chi connectivity index (χ0n) is 51.0. The number of phosphoric ester groups is 1. The van der Waals surface area contributed by atoms with Gasteiger partial charge in [0.1, 0.15) is 19.8 Å². The topological polar surface area (TPSA) is 108 Å². The Morgan fingerprint density at radius 2 is 0.675 bits per heavy atom. The highest BCUT2D eigenvalue weighted by molar-refractivity contribution is 7.47. The minimum atomic E-state index is -4.42. The molecule has 2 unspecified atom stereocenters. The van der Waals surface area contributed by atoms with Gasteiger partial charge in [0.2, 0.25) is 0 Å². The highest BCUT2D eigenvalue weighted by Crippen LogP contribution is 2.43. The van der Waals surface area contributed by atoms with Gasteiger partial charge in [-0.15, -0.1) is 0 Å². The van der Waals surface area contributed by atoms with E-state index in [1.165, 1.54) is 38.5 Å². The first kappa shape index (κ1) is 75.4. The predicted octanol–water partition coefficient (Wildman–Crippen LogP) is 19.8. The zero-order valence-corrected chi connectivity index (χ0v) is 51.9. The highest BCUT2D eigenvalue weighted by atomic mass is 31.2. The third-order valence-electron chi connectivity index (χ3n) is 12.2. The van der Waals surface area contributed by atoms with Crippen molar-refractivity contribution in [2.24, 2.45) is 0 Å². The number of phosphoric acid groups is 1. The molecule has 0 saturated carbocycles. The maximum atomic E-state index is 12.8. The van der Waals surface area contributed by atoms with Gasteiger partial charge in [-0.1, -0.05) is 235 Å². The van der Waals surface area contributed by atoms with E-state index in [4.69, 9.17) is 18.5 Å². The number of allylic oxidation sites excluding steroid dienone is 28. The van der Waals surface area contributed by atoms with Crippen LogP contribution in [0.4, 0.5) is 0 Å². The number of quaternary nitrogens is 1. The fraction of sp³-hybridized carbons (Fsp3) is 0.571. The average molecular weight is 1130 g/mol.